The summed E-state index contributed by atoms with van der Waals surface area (Å²) >= 11 is 0. The van der Waals surface area contributed by atoms with Gasteiger partial charge in [-0.25, -0.2) is 0 Å². The van der Waals surface area contributed by atoms with Crippen LogP contribution in [0.3, 0.4) is 0 Å². The fraction of sp³-hybridized carbons (Fsp3) is 0.867. The summed E-state index contributed by atoms with van der Waals surface area (Å²) in [6, 6.07) is -0.403. The molecule has 2 aliphatic heterocycles. The van der Waals surface area contributed by atoms with Crippen molar-refractivity contribution in [3.05, 3.63) is 0 Å². The van der Waals surface area contributed by atoms with E-state index in [0.29, 0.717) is 18.4 Å². The van der Waals surface area contributed by atoms with Crippen molar-refractivity contribution < 1.29 is 14.3 Å². The Morgan fingerprint density at radius 1 is 1.32 bits per heavy atom. The highest BCUT2D eigenvalue weighted by molar-refractivity contribution is 5.88. The largest absolute Gasteiger partial charge is 0.375 e. The van der Waals surface area contributed by atoms with Crippen molar-refractivity contribution in [1.29, 1.82) is 0 Å². The molecule has 0 radical (unpaired) electrons. The number of fused-ring (bicyclic) bond motifs is 2. The minimum absolute atomic E-state index is 0.0173. The Morgan fingerprint density at radius 2 is 2.00 bits per heavy atom. The lowest BCUT2D eigenvalue weighted by atomic mass is 9.83. The van der Waals surface area contributed by atoms with E-state index in [4.69, 9.17) is 4.74 Å². The van der Waals surface area contributed by atoms with Crippen LogP contribution in [0.25, 0.3) is 0 Å². The van der Waals surface area contributed by atoms with Crippen LogP contribution >= 0.6 is 0 Å². The molecule has 4 heteroatoms. The summed E-state index contributed by atoms with van der Waals surface area (Å²) in [5.74, 6) is 0.340. The number of nitrogens with one attached hydrogen (secondary N) is 1. The van der Waals surface area contributed by atoms with E-state index in [0.717, 1.165) is 19.3 Å². The topological polar surface area (TPSA) is 55.4 Å². The standard InChI is InChI=1S/C15H25NO3/c1-9(17)14(15(2,3)4)16-13(18)8-10-7-11-5-6-12(10)19-11/h10-12,14H,5-8H2,1-4H3,(H,16,18). The quantitative estimate of drug-likeness (QED) is 0.848. The average Bonchev–Trinajstić information content (AvgIpc) is 2.85. The second-order valence-electron chi connectivity index (χ2n) is 7.05. The average molecular weight is 267 g/mol. The van der Waals surface area contributed by atoms with E-state index in [-0.39, 0.29) is 23.2 Å². The second kappa shape index (κ2) is 5.23. The molecule has 2 aliphatic rings. The minimum Gasteiger partial charge on any atom is -0.375 e. The third-order valence-electron chi connectivity index (χ3n) is 4.26. The summed E-state index contributed by atoms with van der Waals surface area (Å²) in [6.45, 7) is 7.46. The van der Waals surface area contributed by atoms with Gasteiger partial charge in [-0.2, -0.15) is 0 Å². The molecule has 2 heterocycles. The summed E-state index contributed by atoms with van der Waals surface area (Å²) in [5, 5.41) is 2.90. The van der Waals surface area contributed by atoms with Crippen molar-refractivity contribution in [3.8, 4) is 0 Å². The monoisotopic (exact) mass is 267 g/mol. The van der Waals surface area contributed by atoms with Crippen LogP contribution in [0, 0.1) is 11.3 Å². The summed E-state index contributed by atoms with van der Waals surface area (Å²) in [4.78, 5) is 23.8. The molecule has 0 saturated carbocycles. The predicted octanol–water partition coefficient (Wildman–Crippen LogP) is 2.06. The number of amides is 1. The molecule has 2 bridgehead atoms. The SMILES string of the molecule is CC(=O)C(NC(=O)CC1CC2CCC1O2)C(C)(C)C. The van der Waals surface area contributed by atoms with Crippen molar-refractivity contribution in [3.63, 3.8) is 0 Å². The molecule has 4 unspecified atom stereocenters. The number of carbonyl (C=O) groups is 2. The normalized spacial score (nSPS) is 31.3. The fourth-order valence-electron chi connectivity index (χ4n) is 3.34. The smallest absolute Gasteiger partial charge is 0.220 e. The zero-order valence-corrected chi connectivity index (χ0v) is 12.4. The van der Waals surface area contributed by atoms with E-state index in [1.54, 1.807) is 0 Å². The maximum absolute atomic E-state index is 12.1. The minimum atomic E-state index is -0.403. The molecule has 4 atom stereocenters. The van der Waals surface area contributed by atoms with Crippen LogP contribution in [-0.4, -0.2) is 29.9 Å². The van der Waals surface area contributed by atoms with Crippen molar-refractivity contribution in [2.24, 2.45) is 11.3 Å². The van der Waals surface area contributed by atoms with Gasteiger partial charge < -0.3 is 10.1 Å². The molecule has 2 fully saturated rings. The molecule has 19 heavy (non-hydrogen) atoms. The first-order chi connectivity index (χ1) is 8.77. The molecule has 0 aromatic rings. The lowest BCUT2D eigenvalue weighted by Gasteiger charge is -2.30. The van der Waals surface area contributed by atoms with Crippen molar-refractivity contribution in [1.82, 2.24) is 5.32 Å². The van der Waals surface area contributed by atoms with Crippen LogP contribution in [-0.2, 0) is 14.3 Å². The molecule has 0 aliphatic carbocycles. The van der Waals surface area contributed by atoms with E-state index in [1.165, 1.54) is 6.92 Å². The highest BCUT2D eigenvalue weighted by atomic mass is 16.5. The maximum Gasteiger partial charge on any atom is 0.220 e. The Hall–Kier alpha value is -0.900. The second-order valence-corrected chi connectivity index (χ2v) is 7.05. The molecule has 1 N–H and O–H groups in total. The third-order valence-corrected chi connectivity index (χ3v) is 4.26. The Labute approximate surface area is 115 Å². The number of Topliss-reactive ketones (excluding diaryl/α,β-unsaturated/α-hetero) is 1. The molecular weight excluding hydrogens is 242 g/mol. The van der Waals surface area contributed by atoms with E-state index in [9.17, 15) is 9.59 Å². The van der Waals surface area contributed by atoms with Crippen molar-refractivity contribution >= 4 is 11.7 Å². The number of rotatable bonds is 4. The summed E-state index contributed by atoms with van der Waals surface area (Å²) < 4.78 is 5.76. The van der Waals surface area contributed by atoms with Crippen LogP contribution in [0.2, 0.25) is 0 Å². The molecule has 0 aromatic carbocycles. The van der Waals surface area contributed by atoms with Gasteiger partial charge >= 0.3 is 0 Å². The highest BCUT2D eigenvalue weighted by Gasteiger charge is 2.42. The third kappa shape index (κ3) is 3.35. The summed E-state index contributed by atoms with van der Waals surface area (Å²) in [7, 11) is 0. The zero-order chi connectivity index (χ0) is 14.2. The van der Waals surface area contributed by atoms with Gasteiger partial charge in [0.25, 0.3) is 0 Å². The number of hydrogen-bond acceptors (Lipinski definition) is 3. The predicted molar refractivity (Wildman–Crippen MR) is 72.7 cm³/mol. The summed E-state index contributed by atoms with van der Waals surface area (Å²) in [6.07, 6.45) is 4.34. The van der Waals surface area contributed by atoms with Crippen molar-refractivity contribution in [2.75, 3.05) is 0 Å². The van der Waals surface area contributed by atoms with Gasteiger partial charge in [0.15, 0.2) is 5.78 Å². The van der Waals surface area contributed by atoms with Gasteiger partial charge in [-0.1, -0.05) is 20.8 Å². The van der Waals surface area contributed by atoms with E-state index >= 15 is 0 Å². The first kappa shape index (κ1) is 14.5. The van der Waals surface area contributed by atoms with E-state index in [2.05, 4.69) is 5.32 Å². The van der Waals surface area contributed by atoms with Gasteiger partial charge in [-0.05, 0) is 37.5 Å². The number of ether oxygens (including phenoxy) is 1. The fourth-order valence-corrected chi connectivity index (χ4v) is 3.34. The van der Waals surface area contributed by atoms with Crippen LogP contribution in [0.15, 0.2) is 0 Å². The van der Waals surface area contributed by atoms with Gasteiger partial charge in [0.05, 0.1) is 18.2 Å². The summed E-state index contributed by atoms with van der Waals surface area (Å²) in [5.41, 5.74) is -0.243. The van der Waals surface area contributed by atoms with Crippen LogP contribution < -0.4 is 5.32 Å². The molecule has 0 aromatic heterocycles. The lowest BCUT2D eigenvalue weighted by molar-refractivity contribution is -0.130. The van der Waals surface area contributed by atoms with Gasteiger partial charge in [0.1, 0.15) is 0 Å². The Morgan fingerprint density at radius 3 is 2.42 bits per heavy atom. The van der Waals surface area contributed by atoms with Crippen LogP contribution in [0.4, 0.5) is 0 Å². The molecular formula is C15H25NO3. The molecule has 2 saturated heterocycles. The van der Waals surface area contributed by atoms with Gasteiger partial charge in [-0.15, -0.1) is 0 Å². The number of hydrogen-bond donors (Lipinski definition) is 1. The maximum atomic E-state index is 12.1. The molecule has 1 amide bonds. The van der Waals surface area contributed by atoms with Gasteiger partial charge in [0, 0.05) is 6.42 Å². The first-order valence-corrected chi connectivity index (χ1v) is 7.22. The van der Waals surface area contributed by atoms with E-state index < -0.39 is 6.04 Å². The Bertz CT molecular complexity index is 372. The van der Waals surface area contributed by atoms with Crippen LogP contribution in [0.1, 0.15) is 53.4 Å². The van der Waals surface area contributed by atoms with Crippen LogP contribution in [0.5, 0.6) is 0 Å². The lowest BCUT2D eigenvalue weighted by Crippen LogP contribution is -2.48. The Balaban J connectivity index is 1.88. The zero-order valence-electron chi connectivity index (χ0n) is 12.4. The van der Waals surface area contributed by atoms with Crippen molar-refractivity contribution in [2.45, 2.75) is 71.6 Å². The number of ketones is 1. The Kier molecular flexibility index (Phi) is 4.00. The van der Waals surface area contributed by atoms with E-state index in [1.807, 2.05) is 20.8 Å². The number of carbonyl (C=O) groups excluding carboxylic acids is 2. The van der Waals surface area contributed by atoms with Gasteiger partial charge in [0.2, 0.25) is 5.91 Å². The molecule has 2 rings (SSSR count). The first-order valence-electron chi connectivity index (χ1n) is 7.22. The molecule has 108 valence electrons. The van der Waals surface area contributed by atoms with Gasteiger partial charge in [-0.3, -0.25) is 9.59 Å². The highest BCUT2D eigenvalue weighted by Crippen LogP contribution is 2.40. The molecule has 4 nitrogen and oxygen atoms in total. The molecule has 0 spiro atoms.